The minimum atomic E-state index is -0.429. The molecule has 4 rings (SSSR count). The quantitative estimate of drug-likeness (QED) is 0.300. The molecule has 29 heavy (non-hydrogen) atoms. The first-order valence-electron chi connectivity index (χ1n) is 8.87. The first kappa shape index (κ1) is 19.4. The van der Waals surface area contributed by atoms with E-state index in [1.807, 2.05) is 60.8 Å². The summed E-state index contributed by atoms with van der Waals surface area (Å²) in [6.07, 6.45) is 0. The molecule has 0 N–H and O–H groups in total. The molecule has 0 spiro atoms. The van der Waals surface area contributed by atoms with Gasteiger partial charge in [-0.25, -0.2) is 9.78 Å². The topological polar surface area (TPSA) is 78.1 Å². The van der Waals surface area contributed by atoms with Crippen LogP contribution in [-0.2, 0) is 17.1 Å². The Labute approximate surface area is 176 Å². The summed E-state index contributed by atoms with van der Waals surface area (Å²) in [7, 11) is 0. The Morgan fingerprint density at radius 1 is 1.10 bits per heavy atom. The van der Waals surface area contributed by atoms with Gasteiger partial charge < -0.3 is 9.26 Å². The van der Waals surface area contributed by atoms with Crippen molar-refractivity contribution in [2.75, 3.05) is 0 Å². The molecule has 2 heterocycles. The Morgan fingerprint density at radius 3 is 2.69 bits per heavy atom. The van der Waals surface area contributed by atoms with Gasteiger partial charge in [-0.05, 0) is 19.1 Å². The maximum atomic E-state index is 12.6. The number of carbonyl (C=O) groups is 1. The SMILES string of the molecule is Cc1nc(CSc2ccccc2C(=O)OCc2nc(-c3ccccc3)no2)cs1. The molecule has 0 bridgehead atoms. The molecule has 0 atom stereocenters. The molecule has 6 nitrogen and oxygen atoms in total. The fourth-order valence-electron chi connectivity index (χ4n) is 2.61. The Hall–Kier alpha value is -2.97. The van der Waals surface area contributed by atoms with Crippen molar-refractivity contribution in [3.63, 3.8) is 0 Å². The van der Waals surface area contributed by atoms with Crippen molar-refractivity contribution < 1.29 is 14.1 Å². The number of esters is 1. The normalized spacial score (nSPS) is 10.8. The summed E-state index contributed by atoms with van der Waals surface area (Å²) >= 11 is 3.17. The Balaban J connectivity index is 1.39. The summed E-state index contributed by atoms with van der Waals surface area (Å²) < 4.78 is 10.6. The first-order valence-corrected chi connectivity index (χ1v) is 10.7. The molecule has 2 aromatic heterocycles. The maximum Gasteiger partial charge on any atom is 0.339 e. The molecule has 0 radical (unpaired) electrons. The largest absolute Gasteiger partial charge is 0.452 e. The molecular formula is C21H17N3O3S2. The van der Waals surface area contributed by atoms with Crippen LogP contribution in [0.5, 0.6) is 0 Å². The van der Waals surface area contributed by atoms with Crippen LogP contribution in [-0.4, -0.2) is 21.1 Å². The van der Waals surface area contributed by atoms with Crippen LogP contribution < -0.4 is 0 Å². The molecule has 0 unspecified atom stereocenters. The van der Waals surface area contributed by atoms with Gasteiger partial charge in [0.25, 0.3) is 5.89 Å². The van der Waals surface area contributed by atoms with Crippen molar-refractivity contribution in [3.8, 4) is 11.4 Å². The van der Waals surface area contributed by atoms with Crippen LogP contribution in [0.2, 0.25) is 0 Å². The fraction of sp³-hybridized carbons (Fsp3) is 0.143. The summed E-state index contributed by atoms with van der Waals surface area (Å²) in [6.45, 7) is 1.90. The van der Waals surface area contributed by atoms with E-state index in [0.29, 0.717) is 17.1 Å². The number of benzene rings is 2. The molecule has 146 valence electrons. The van der Waals surface area contributed by atoms with Crippen LogP contribution in [0.3, 0.4) is 0 Å². The molecule has 0 saturated heterocycles. The predicted octanol–water partition coefficient (Wildman–Crippen LogP) is 5.15. The average Bonchev–Trinajstić information content (AvgIpc) is 3.40. The highest BCUT2D eigenvalue weighted by Gasteiger charge is 2.16. The molecule has 2 aromatic carbocycles. The number of carbonyl (C=O) groups excluding carboxylic acids is 1. The Morgan fingerprint density at radius 2 is 1.90 bits per heavy atom. The highest BCUT2D eigenvalue weighted by molar-refractivity contribution is 7.98. The second-order valence-electron chi connectivity index (χ2n) is 6.10. The smallest absolute Gasteiger partial charge is 0.339 e. The van der Waals surface area contributed by atoms with E-state index >= 15 is 0 Å². The van der Waals surface area contributed by atoms with Gasteiger partial charge in [0.15, 0.2) is 6.61 Å². The Kier molecular flexibility index (Phi) is 6.02. The molecule has 0 aliphatic carbocycles. The van der Waals surface area contributed by atoms with E-state index in [1.54, 1.807) is 29.2 Å². The zero-order valence-corrected chi connectivity index (χ0v) is 17.2. The van der Waals surface area contributed by atoms with Crippen molar-refractivity contribution in [1.29, 1.82) is 0 Å². The van der Waals surface area contributed by atoms with E-state index in [9.17, 15) is 4.79 Å². The standard InChI is InChI=1S/C21H17N3O3S2/c1-14-22-16(12-28-14)13-29-18-10-6-5-9-17(18)21(25)26-11-19-23-20(24-27-19)15-7-3-2-4-8-15/h2-10,12H,11,13H2,1H3. The number of hydrogen-bond acceptors (Lipinski definition) is 8. The van der Waals surface area contributed by atoms with E-state index in [-0.39, 0.29) is 12.5 Å². The predicted molar refractivity (Wildman–Crippen MR) is 112 cm³/mol. The van der Waals surface area contributed by atoms with Gasteiger partial charge in [-0.1, -0.05) is 47.6 Å². The van der Waals surface area contributed by atoms with Crippen molar-refractivity contribution in [1.82, 2.24) is 15.1 Å². The van der Waals surface area contributed by atoms with E-state index in [0.717, 1.165) is 21.2 Å². The second kappa shape index (κ2) is 9.02. The lowest BCUT2D eigenvalue weighted by molar-refractivity contribution is 0.0425. The van der Waals surface area contributed by atoms with Crippen LogP contribution in [0.4, 0.5) is 0 Å². The molecule has 0 amide bonds. The molecule has 0 aliphatic rings. The molecule has 0 aliphatic heterocycles. The number of rotatable bonds is 7. The maximum absolute atomic E-state index is 12.6. The first-order chi connectivity index (χ1) is 14.2. The number of aryl methyl sites for hydroxylation is 1. The van der Waals surface area contributed by atoms with Crippen molar-refractivity contribution in [2.24, 2.45) is 0 Å². The van der Waals surface area contributed by atoms with Crippen LogP contribution in [0.1, 0.15) is 27.0 Å². The number of thiazole rings is 1. The van der Waals surface area contributed by atoms with Crippen LogP contribution in [0.25, 0.3) is 11.4 Å². The van der Waals surface area contributed by atoms with Crippen molar-refractivity contribution in [2.45, 2.75) is 24.2 Å². The number of aromatic nitrogens is 3. The minimum Gasteiger partial charge on any atom is -0.452 e. The van der Waals surface area contributed by atoms with Gasteiger partial charge in [0.05, 0.1) is 16.3 Å². The number of ether oxygens (including phenoxy) is 1. The zero-order chi connectivity index (χ0) is 20.1. The highest BCUT2D eigenvalue weighted by atomic mass is 32.2. The van der Waals surface area contributed by atoms with Gasteiger partial charge in [-0.2, -0.15) is 4.98 Å². The minimum absolute atomic E-state index is 0.0804. The molecule has 8 heteroatoms. The summed E-state index contributed by atoms with van der Waals surface area (Å²) in [5.74, 6) is 0.979. The van der Waals surface area contributed by atoms with E-state index in [1.165, 1.54) is 0 Å². The molecule has 4 aromatic rings. The highest BCUT2D eigenvalue weighted by Crippen LogP contribution is 2.27. The fourth-order valence-corrected chi connectivity index (χ4v) is 4.26. The lowest BCUT2D eigenvalue weighted by Gasteiger charge is -2.07. The third-order valence-corrected chi connectivity index (χ3v) is 5.91. The van der Waals surface area contributed by atoms with Gasteiger partial charge >= 0.3 is 5.97 Å². The lowest BCUT2D eigenvalue weighted by atomic mass is 10.2. The number of hydrogen-bond donors (Lipinski definition) is 0. The van der Waals surface area contributed by atoms with Gasteiger partial charge in [0, 0.05) is 21.6 Å². The summed E-state index contributed by atoms with van der Waals surface area (Å²) in [4.78, 5) is 22.2. The van der Waals surface area contributed by atoms with Gasteiger partial charge in [-0.3, -0.25) is 0 Å². The van der Waals surface area contributed by atoms with E-state index < -0.39 is 5.97 Å². The number of nitrogens with zero attached hydrogens (tertiary/aromatic N) is 3. The third-order valence-electron chi connectivity index (χ3n) is 3.98. The molecule has 0 fully saturated rings. The van der Waals surface area contributed by atoms with Crippen LogP contribution in [0.15, 0.2) is 69.4 Å². The lowest BCUT2D eigenvalue weighted by Crippen LogP contribution is -2.07. The molecular weight excluding hydrogens is 406 g/mol. The third kappa shape index (κ3) is 4.90. The van der Waals surface area contributed by atoms with E-state index in [4.69, 9.17) is 9.26 Å². The van der Waals surface area contributed by atoms with Gasteiger partial charge in [0.1, 0.15) is 0 Å². The second-order valence-corrected chi connectivity index (χ2v) is 8.18. The monoisotopic (exact) mass is 423 g/mol. The summed E-state index contributed by atoms with van der Waals surface area (Å²) in [6, 6.07) is 16.8. The van der Waals surface area contributed by atoms with E-state index in [2.05, 4.69) is 15.1 Å². The summed E-state index contributed by atoms with van der Waals surface area (Å²) in [5, 5.41) is 6.99. The van der Waals surface area contributed by atoms with Gasteiger partial charge in [-0.15, -0.1) is 23.1 Å². The average molecular weight is 424 g/mol. The van der Waals surface area contributed by atoms with Crippen molar-refractivity contribution >= 4 is 29.1 Å². The van der Waals surface area contributed by atoms with Crippen LogP contribution >= 0.6 is 23.1 Å². The Bertz CT molecular complexity index is 1110. The van der Waals surface area contributed by atoms with Crippen molar-refractivity contribution in [3.05, 3.63) is 82.1 Å². The molecule has 0 saturated carbocycles. The van der Waals surface area contributed by atoms with Crippen LogP contribution in [0, 0.1) is 6.92 Å². The van der Waals surface area contributed by atoms with Gasteiger partial charge in [0.2, 0.25) is 5.82 Å². The number of thioether (sulfide) groups is 1. The zero-order valence-electron chi connectivity index (χ0n) is 15.6. The summed E-state index contributed by atoms with van der Waals surface area (Å²) in [5.41, 5.74) is 2.35.